The van der Waals surface area contributed by atoms with Crippen LogP contribution in [-0.4, -0.2) is 23.9 Å². The van der Waals surface area contributed by atoms with E-state index in [-0.39, 0.29) is 5.91 Å². The summed E-state index contributed by atoms with van der Waals surface area (Å²) in [6, 6.07) is 0. The Morgan fingerprint density at radius 2 is 1.85 bits per heavy atom. The van der Waals surface area contributed by atoms with Crippen molar-refractivity contribution in [3.63, 3.8) is 0 Å². The van der Waals surface area contributed by atoms with E-state index in [0.717, 1.165) is 32.4 Å². The minimum atomic E-state index is -0.0406. The SMILES string of the molecule is CCCCC#CC(=O)N(CC)CC. The summed E-state index contributed by atoms with van der Waals surface area (Å²) in [7, 11) is 0. The highest BCUT2D eigenvalue weighted by atomic mass is 16.2. The van der Waals surface area contributed by atoms with E-state index in [1.165, 1.54) is 0 Å². The third-order valence-corrected chi connectivity index (χ3v) is 1.90. The molecular formula is C11H19NO. The average Bonchev–Trinajstić information content (AvgIpc) is 2.14. The van der Waals surface area contributed by atoms with Gasteiger partial charge in [0.1, 0.15) is 0 Å². The van der Waals surface area contributed by atoms with Crippen LogP contribution in [0.5, 0.6) is 0 Å². The van der Waals surface area contributed by atoms with E-state index >= 15 is 0 Å². The van der Waals surface area contributed by atoms with Gasteiger partial charge < -0.3 is 4.90 Å². The molecule has 0 N–H and O–H groups in total. The fraction of sp³-hybridized carbons (Fsp3) is 0.727. The molecule has 0 bridgehead atoms. The lowest BCUT2D eigenvalue weighted by atomic mass is 10.2. The minimum absolute atomic E-state index is 0.0406. The molecule has 0 heterocycles. The lowest BCUT2D eigenvalue weighted by molar-refractivity contribution is -0.124. The third kappa shape index (κ3) is 5.30. The summed E-state index contributed by atoms with van der Waals surface area (Å²) in [6.45, 7) is 7.55. The summed E-state index contributed by atoms with van der Waals surface area (Å²) in [5, 5.41) is 0. The molecule has 0 saturated carbocycles. The van der Waals surface area contributed by atoms with Crippen LogP contribution in [0.15, 0.2) is 0 Å². The van der Waals surface area contributed by atoms with Gasteiger partial charge in [0.25, 0.3) is 5.91 Å². The zero-order valence-corrected chi connectivity index (χ0v) is 8.89. The van der Waals surface area contributed by atoms with Crippen LogP contribution in [0.25, 0.3) is 0 Å². The number of amides is 1. The van der Waals surface area contributed by atoms with E-state index < -0.39 is 0 Å². The van der Waals surface area contributed by atoms with Gasteiger partial charge in [-0.1, -0.05) is 19.3 Å². The smallest absolute Gasteiger partial charge is 0.298 e. The number of unbranched alkanes of at least 4 members (excludes halogenated alkanes) is 2. The molecule has 0 aromatic carbocycles. The van der Waals surface area contributed by atoms with Gasteiger partial charge in [-0.2, -0.15) is 0 Å². The van der Waals surface area contributed by atoms with Gasteiger partial charge in [-0.25, -0.2) is 0 Å². The predicted octanol–water partition coefficient (Wildman–Crippen LogP) is 2.05. The van der Waals surface area contributed by atoms with Gasteiger partial charge in [-0.15, -0.1) is 0 Å². The Kier molecular flexibility index (Phi) is 7.10. The highest BCUT2D eigenvalue weighted by molar-refractivity contribution is 5.93. The van der Waals surface area contributed by atoms with Crippen LogP contribution in [0.3, 0.4) is 0 Å². The molecule has 13 heavy (non-hydrogen) atoms. The molecule has 0 rings (SSSR count). The Bertz CT molecular complexity index is 196. The Labute approximate surface area is 81.3 Å². The highest BCUT2D eigenvalue weighted by Crippen LogP contribution is 1.91. The standard InChI is InChI=1S/C11H19NO/c1-4-7-8-9-10-11(13)12(5-2)6-3/h4-8H2,1-3H3. The summed E-state index contributed by atoms with van der Waals surface area (Å²) in [5.74, 6) is 5.51. The van der Waals surface area contributed by atoms with E-state index in [4.69, 9.17) is 0 Å². The maximum absolute atomic E-state index is 11.3. The fourth-order valence-electron chi connectivity index (χ4n) is 0.993. The molecule has 0 spiro atoms. The zero-order valence-electron chi connectivity index (χ0n) is 8.89. The molecule has 0 aliphatic rings. The van der Waals surface area contributed by atoms with Crippen molar-refractivity contribution in [3.05, 3.63) is 0 Å². The summed E-state index contributed by atoms with van der Waals surface area (Å²) in [5.41, 5.74) is 0. The predicted molar refractivity (Wildman–Crippen MR) is 55.2 cm³/mol. The average molecular weight is 181 g/mol. The summed E-state index contributed by atoms with van der Waals surface area (Å²) >= 11 is 0. The molecule has 0 unspecified atom stereocenters. The molecule has 2 nitrogen and oxygen atoms in total. The van der Waals surface area contributed by atoms with Gasteiger partial charge in [0.05, 0.1) is 0 Å². The van der Waals surface area contributed by atoms with Crippen LogP contribution in [-0.2, 0) is 4.79 Å². The number of hydrogen-bond acceptors (Lipinski definition) is 1. The monoisotopic (exact) mass is 181 g/mol. The van der Waals surface area contributed by atoms with Crippen molar-refractivity contribution in [1.29, 1.82) is 0 Å². The maximum atomic E-state index is 11.3. The van der Waals surface area contributed by atoms with Gasteiger partial charge in [0, 0.05) is 19.5 Å². The summed E-state index contributed by atoms with van der Waals surface area (Å²) in [6.07, 6.45) is 3.05. The van der Waals surface area contributed by atoms with Crippen molar-refractivity contribution in [2.24, 2.45) is 0 Å². The second-order valence-corrected chi connectivity index (χ2v) is 2.88. The van der Waals surface area contributed by atoms with Crippen LogP contribution in [0.1, 0.15) is 40.0 Å². The van der Waals surface area contributed by atoms with Crippen molar-refractivity contribution < 1.29 is 4.79 Å². The molecule has 0 aromatic heterocycles. The third-order valence-electron chi connectivity index (χ3n) is 1.90. The minimum Gasteiger partial charge on any atom is -0.332 e. The van der Waals surface area contributed by atoms with Crippen LogP contribution in [0.4, 0.5) is 0 Å². The molecule has 2 heteroatoms. The Morgan fingerprint density at radius 1 is 1.23 bits per heavy atom. The van der Waals surface area contributed by atoms with Gasteiger partial charge in [-0.3, -0.25) is 4.79 Å². The van der Waals surface area contributed by atoms with Crippen molar-refractivity contribution in [2.45, 2.75) is 40.0 Å². The van der Waals surface area contributed by atoms with Crippen molar-refractivity contribution >= 4 is 5.91 Å². The molecule has 74 valence electrons. The number of hydrogen-bond donors (Lipinski definition) is 0. The number of carbonyl (C=O) groups excluding carboxylic acids is 1. The second kappa shape index (κ2) is 7.67. The van der Waals surface area contributed by atoms with Gasteiger partial charge in [0.2, 0.25) is 0 Å². The van der Waals surface area contributed by atoms with Crippen LogP contribution in [0, 0.1) is 11.8 Å². The second-order valence-electron chi connectivity index (χ2n) is 2.88. The van der Waals surface area contributed by atoms with Crippen molar-refractivity contribution in [1.82, 2.24) is 4.90 Å². The maximum Gasteiger partial charge on any atom is 0.298 e. The molecule has 0 saturated heterocycles. The van der Waals surface area contributed by atoms with Gasteiger partial charge in [-0.05, 0) is 26.2 Å². The van der Waals surface area contributed by atoms with E-state index in [2.05, 4.69) is 18.8 Å². The van der Waals surface area contributed by atoms with Crippen molar-refractivity contribution in [2.75, 3.05) is 13.1 Å². The lowest BCUT2D eigenvalue weighted by Gasteiger charge is -2.14. The fourth-order valence-corrected chi connectivity index (χ4v) is 0.993. The van der Waals surface area contributed by atoms with E-state index in [9.17, 15) is 4.79 Å². The van der Waals surface area contributed by atoms with Crippen molar-refractivity contribution in [3.8, 4) is 11.8 Å². The van der Waals surface area contributed by atoms with Gasteiger partial charge >= 0.3 is 0 Å². The normalized spacial score (nSPS) is 8.85. The molecule has 1 amide bonds. The largest absolute Gasteiger partial charge is 0.332 e. The van der Waals surface area contributed by atoms with Crippen LogP contribution in [0.2, 0.25) is 0 Å². The van der Waals surface area contributed by atoms with Gasteiger partial charge in [0.15, 0.2) is 0 Å². The molecule has 0 aliphatic carbocycles. The van der Waals surface area contributed by atoms with E-state index in [0.29, 0.717) is 0 Å². The molecular weight excluding hydrogens is 162 g/mol. The Balaban J connectivity index is 3.87. The number of nitrogens with zero attached hydrogens (tertiary/aromatic N) is 1. The van der Waals surface area contributed by atoms with Crippen LogP contribution >= 0.6 is 0 Å². The molecule has 0 radical (unpaired) electrons. The summed E-state index contributed by atoms with van der Waals surface area (Å²) < 4.78 is 0. The Morgan fingerprint density at radius 3 is 2.31 bits per heavy atom. The Hall–Kier alpha value is -0.970. The van der Waals surface area contributed by atoms with E-state index in [1.54, 1.807) is 4.90 Å². The first kappa shape index (κ1) is 12.0. The first-order valence-corrected chi connectivity index (χ1v) is 5.04. The molecule has 0 aliphatic heterocycles. The first-order valence-electron chi connectivity index (χ1n) is 5.04. The lowest BCUT2D eigenvalue weighted by Crippen LogP contribution is -2.29. The molecule has 0 aromatic rings. The number of carbonyl (C=O) groups is 1. The summed E-state index contributed by atoms with van der Waals surface area (Å²) in [4.78, 5) is 13.1. The van der Waals surface area contributed by atoms with Crippen LogP contribution < -0.4 is 0 Å². The molecule has 0 fully saturated rings. The quantitative estimate of drug-likeness (QED) is 0.480. The molecule has 0 atom stereocenters. The highest BCUT2D eigenvalue weighted by Gasteiger charge is 2.03. The topological polar surface area (TPSA) is 20.3 Å². The number of rotatable bonds is 4. The first-order chi connectivity index (χ1) is 6.26. The van der Waals surface area contributed by atoms with E-state index in [1.807, 2.05) is 13.8 Å². The zero-order chi connectivity index (χ0) is 10.1.